The summed E-state index contributed by atoms with van der Waals surface area (Å²) in [5, 5.41) is 5.48. The zero-order chi connectivity index (χ0) is 18.2. The molecule has 3 aromatic rings. The lowest BCUT2D eigenvalue weighted by Gasteiger charge is -2.08. The minimum atomic E-state index is -0.274. The van der Waals surface area contributed by atoms with Gasteiger partial charge in [-0.1, -0.05) is 18.2 Å². The fourth-order valence-electron chi connectivity index (χ4n) is 2.25. The van der Waals surface area contributed by atoms with Crippen molar-refractivity contribution in [1.82, 2.24) is 5.32 Å². The van der Waals surface area contributed by atoms with Crippen molar-refractivity contribution >= 4 is 17.5 Å². The molecule has 132 valence electrons. The van der Waals surface area contributed by atoms with Crippen molar-refractivity contribution in [2.24, 2.45) is 0 Å². The van der Waals surface area contributed by atoms with Crippen LogP contribution in [0.1, 0.15) is 16.1 Å². The predicted octanol–water partition coefficient (Wildman–Crippen LogP) is 3.23. The number of amides is 2. The summed E-state index contributed by atoms with van der Waals surface area (Å²) in [6.07, 6.45) is 1.56. The Morgan fingerprint density at radius 3 is 2.38 bits per heavy atom. The SMILES string of the molecule is O=C(COc1ccccc1)Nc1ccc(C(=O)NCc2ccco2)cc1. The Kier molecular flexibility index (Phi) is 5.67. The lowest BCUT2D eigenvalue weighted by Crippen LogP contribution is -2.23. The number of hydrogen-bond donors (Lipinski definition) is 2. The van der Waals surface area contributed by atoms with E-state index in [1.54, 1.807) is 54.8 Å². The Balaban J connectivity index is 1.47. The summed E-state index contributed by atoms with van der Waals surface area (Å²) in [7, 11) is 0. The molecule has 0 saturated carbocycles. The summed E-state index contributed by atoms with van der Waals surface area (Å²) >= 11 is 0. The zero-order valence-electron chi connectivity index (χ0n) is 14.0. The topological polar surface area (TPSA) is 80.6 Å². The first-order chi connectivity index (χ1) is 12.7. The molecule has 0 unspecified atom stereocenters. The lowest BCUT2D eigenvalue weighted by molar-refractivity contribution is -0.118. The average molecular weight is 350 g/mol. The quantitative estimate of drug-likeness (QED) is 0.685. The van der Waals surface area contributed by atoms with Crippen LogP contribution in [0.25, 0.3) is 0 Å². The molecule has 2 amide bonds. The summed E-state index contributed by atoms with van der Waals surface area (Å²) in [6.45, 7) is 0.233. The molecule has 0 aliphatic rings. The number of carbonyl (C=O) groups is 2. The van der Waals surface area contributed by atoms with Gasteiger partial charge in [0.25, 0.3) is 11.8 Å². The first-order valence-electron chi connectivity index (χ1n) is 8.09. The average Bonchev–Trinajstić information content (AvgIpc) is 3.19. The maximum atomic E-state index is 12.1. The molecule has 6 nitrogen and oxygen atoms in total. The second-order valence-corrected chi connectivity index (χ2v) is 5.49. The highest BCUT2D eigenvalue weighted by atomic mass is 16.5. The first kappa shape index (κ1) is 17.3. The van der Waals surface area contributed by atoms with Crippen LogP contribution >= 0.6 is 0 Å². The molecule has 3 rings (SSSR count). The maximum absolute atomic E-state index is 12.1. The third-order valence-electron chi connectivity index (χ3n) is 3.55. The van der Waals surface area contributed by atoms with E-state index in [9.17, 15) is 9.59 Å². The van der Waals surface area contributed by atoms with Gasteiger partial charge in [-0.15, -0.1) is 0 Å². The van der Waals surface area contributed by atoms with Gasteiger partial charge in [-0.3, -0.25) is 9.59 Å². The minimum absolute atomic E-state index is 0.0879. The fraction of sp³-hybridized carbons (Fsp3) is 0.100. The number of nitrogens with one attached hydrogen (secondary N) is 2. The van der Waals surface area contributed by atoms with Crippen LogP contribution in [-0.4, -0.2) is 18.4 Å². The molecular weight excluding hydrogens is 332 g/mol. The van der Waals surface area contributed by atoms with Crippen molar-refractivity contribution < 1.29 is 18.7 Å². The largest absolute Gasteiger partial charge is 0.484 e. The van der Waals surface area contributed by atoms with Crippen LogP contribution in [0.4, 0.5) is 5.69 Å². The van der Waals surface area contributed by atoms with E-state index < -0.39 is 0 Å². The van der Waals surface area contributed by atoms with Crippen molar-refractivity contribution in [1.29, 1.82) is 0 Å². The van der Waals surface area contributed by atoms with Crippen LogP contribution in [0.15, 0.2) is 77.4 Å². The van der Waals surface area contributed by atoms with E-state index >= 15 is 0 Å². The summed E-state index contributed by atoms with van der Waals surface area (Å²) in [6, 6.07) is 19.3. The molecule has 0 radical (unpaired) electrons. The Morgan fingerprint density at radius 2 is 1.69 bits per heavy atom. The minimum Gasteiger partial charge on any atom is -0.484 e. The van der Waals surface area contributed by atoms with Gasteiger partial charge < -0.3 is 19.8 Å². The Bertz CT molecular complexity index is 843. The van der Waals surface area contributed by atoms with E-state index in [2.05, 4.69) is 10.6 Å². The molecule has 6 heteroatoms. The summed E-state index contributed by atoms with van der Waals surface area (Å²) in [4.78, 5) is 24.0. The van der Waals surface area contributed by atoms with Crippen molar-refractivity contribution in [3.8, 4) is 5.75 Å². The number of rotatable bonds is 7. The number of carbonyl (C=O) groups excluding carboxylic acids is 2. The number of para-hydroxylation sites is 1. The summed E-state index contributed by atoms with van der Waals surface area (Å²) < 4.78 is 10.5. The predicted molar refractivity (Wildman–Crippen MR) is 96.9 cm³/mol. The van der Waals surface area contributed by atoms with Crippen molar-refractivity contribution in [3.05, 3.63) is 84.3 Å². The van der Waals surface area contributed by atoms with E-state index in [0.29, 0.717) is 29.3 Å². The van der Waals surface area contributed by atoms with Gasteiger partial charge >= 0.3 is 0 Å². The highest BCUT2D eigenvalue weighted by Gasteiger charge is 2.08. The summed E-state index contributed by atoms with van der Waals surface area (Å²) in [5.41, 5.74) is 1.09. The monoisotopic (exact) mass is 350 g/mol. The van der Waals surface area contributed by atoms with E-state index in [1.165, 1.54) is 0 Å². The van der Waals surface area contributed by atoms with Crippen LogP contribution in [0.5, 0.6) is 5.75 Å². The number of hydrogen-bond acceptors (Lipinski definition) is 4. The lowest BCUT2D eigenvalue weighted by atomic mass is 10.2. The second kappa shape index (κ2) is 8.53. The Morgan fingerprint density at radius 1 is 0.923 bits per heavy atom. The van der Waals surface area contributed by atoms with Gasteiger partial charge in [0.1, 0.15) is 11.5 Å². The molecule has 1 heterocycles. The third-order valence-corrected chi connectivity index (χ3v) is 3.55. The molecule has 0 saturated heterocycles. The van der Waals surface area contributed by atoms with Crippen LogP contribution in [0.2, 0.25) is 0 Å². The Labute approximate surface area is 150 Å². The van der Waals surface area contributed by atoms with Gasteiger partial charge in [0.15, 0.2) is 6.61 Å². The molecule has 0 fully saturated rings. The number of ether oxygens (including phenoxy) is 1. The fourth-order valence-corrected chi connectivity index (χ4v) is 2.25. The number of anilines is 1. The molecular formula is C20H18N2O4. The molecule has 0 aliphatic carbocycles. The number of furan rings is 1. The van der Waals surface area contributed by atoms with Gasteiger partial charge in [0.05, 0.1) is 12.8 Å². The van der Waals surface area contributed by atoms with Crippen molar-refractivity contribution in [2.75, 3.05) is 11.9 Å². The normalized spacial score (nSPS) is 10.2. The van der Waals surface area contributed by atoms with Crippen LogP contribution in [-0.2, 0) is 11.3 Å². The van der Waals surface area contributed by atoms with Crippen molar-refractivity contribution in [2.45, 2.75) is 6.54 Å². The van der Waals surface area contributed by atoms with Gasteiger partial charge in [-0.25, -0.2) is 0 Å². The Hall–Kier alpha value is -3.54. The molecule has 0 aliphatic heterocycles. The first-order valence-corrected chi connectivity index (χ1v) is 8.09. The second-order valence-electron chi connectivity index (χ2n) is 5.49. The molecule has 0 bridgehead atoms. The van der Waals surface area contributed by atoms with Crippen molar-refractivity contribution in [3.63, 3.8) is 0 Å². The van der Waals surface area contributed by atoms with Crippen LogP contribution < -0.4 is 15.4 Å². The van der Waals surface area contributed by atoms with E-state index in [0.717, 1.165) is 0 Å². The molecule has 1 aromatic heterocycles. The van der Waals surface area contributed by atoms with E-state index in [1.807, 2.05) is 18.2 Å². The molecule has 26 heavy (non-hydrogen) atoms. The molecule has 2 aromatic carbocycles. The van der Waals surface area contributed by atoms with Crippen LogP contribution in [0, 0.1) is 0 Å². The highest BCUT2D eigenvalue weighted by Crippen LogP contribution is 2.11. The summed E-state index contributed by atoms with van der Waals surface area (Å²) in [5.74, 6) is 0.822. The molecule has 2 N–H and O–H groups in total. The van der Waals surface area contributed by atoms with Gasteiger partial charge in [0.2, 0.25) is 0 Å². The van der Waals surface area contributed by atoms with Gasteiger partial charge in [-0.05, 0) is 48.5 Å². The maximum Gasteiger partial charge on any atom is 0.262 e. The van der Waals surface area contributed by atoms with E-state index in [-0.39, 0.29) is 18.4 Å². The molecule has 0 spiro atoms. The third kappa shape index (κ3) is 4.98. The van der Waals surface area contributed by atoms with E-state index in [4.69, 9.17) is 9.15 Å². The highest BCUT2D eigenvalue weighted by molar-refractivity contribution is 5.96. The van der Waals surface area contributed by atoms with Gasteiger partial charge in [0, 0.05) is 11.3 Å². The zero-order valence-corrected chi connectivity index (χ0v) is 14.0. The number of benzene rings is 2. The van der Waals surface area contributed by atoms with Crippen LogP contribution in [0.3, 0.4) is 0 Å². The molecule has 0 atom stereocenters. The standard InChI is InChI=1S/C20H18N2O4/c23-19(14-26-17-5-2-1-3-6-17)22-16-10-8-15(9-11-16)20(24)21-13-18-7-4-12-25-18/h1-12H,13-14H2,(H,21,24)(H,22,23). The van der Waals surface area contributed by atoms with Gasteiger partial charge in [-0.2, -0.15) is 0 Å². The smallest absolute Gasteiger partial charge is 0.262 e.